The van der Waals surface area contributed by atoms with Crippen molar-refractivity contribution in [2.75, 3.05) is 31.3 Å². The molecule has 6 heteroatoms. The molecule has 112 valence electrons. The molecule has 0 fully saturated rings. The van der Waals surface area contributed by atoms with E-state index in [0.717, 1.165) is 18.7 Å². The number of nitrogen functional groups attached to an aromatic ring is 1. The number of benzene rings is 1. The SMILES string of the molecule is CCN(CC)Cc1cc(C(=O)OCCCl)cc(Br)c1N. The summed E-state index contributed by atoms with van der Waals surface area (Å²) in [5.74, 6) is -0.0964. The highest BCUT2D eigenvalue weighted by atomic mass is 79.9. The van der Waals surface area contributed by atoms with Crippen LogP contribution in [0.2, 0.25) is 0 Å². The molecular formula is C14H20BrClN2O2. The lowest BCUT2D eigenvalue weighted by Crippen LogP contribution is -2.23. The fourth-order valence-electron chi connectivity index (χ4n) is 1.83. The van der Waals surface area contributed by atoms with E-state index >= 15 is 0 Å². The molecule has 1 rings (SSSR count). The van der Waals surface area contributed by atoms with Crippen LogP contribution >= 0.6 is 27.5 Å². The second-order valence-corrected chi connectivity index (χ2v) is 5.55. The van der Waals surface area contributed by atoms with Crippen LogP contribution in [0.3, 0.4) is 0 Å². The molecule has 0 aliphatic carbocycles. The highest BCUT2D eigenvalue weighted by Crippen LogP contribution is 2.27. The standard InChI is InChI=1S/C14H20BrClN2O2/c1-3-18(4-2)9-11-7-10(8-12(15)13(11)17)14(19)20-6-5-16/h7-8H,3-6,9,17H2,1-2H3. The molecule has 0 aliphatic heterocycles. The molecular weight excluding hydrogens is 344 g/mol. The Balaban J connectivity index is 2.99. The number of nitrogens with zero attached hydrogens (tertiary/aromatic N) is 1. The number of rotatable bonds is 7. The number of carbonyl (C=O) groups is 1. The Hall–Kier alpha value is -0.780. The van der Waals surface area contributed by atoms with Crippen LogP contribution < -0.4 is 5.73 Å². The topological polar surface area (TPSA) is 55.6 Å². The summed E-state index contributed by atoms with van der Waals surface area (Å²) in [5, 5.41) is 0. The average molecular weight is 364 g/mol. The molecule has 0 bridgehead atoms. The summed E-state index contributed by atoms with van der Waals surface area (Å²) < 4.78 is 5.75. The maximum Gasteiger partial charge on any atom is 0.338 e. The smallest absolute Gasteiger partial charge is 0.338 e. The van der Waals surface area contributed by atoms with Crippen molar-refractivity contribution < 1.29 is 9.53 Å². The lowest BCUT2D eigenvalue weighted by atomic mass is 10.1. The van der Waals surface area contributed by atoms with E-state index < -0.39 is 0 Å². The van der Waals surface area contributed by atoms with Crippen molar-refractivity contribution in [3.05, 3.63) is 27.7 Å². The van der Waals surface area contributed by atoms with Gasteiger partial charge in [0.25, 0.3) is 0 Å². The molecule has 1 aromatic carbocycles. The van der Waals surface area contributed by atoms with Crippen LogP contribution in [0.25, 0.3) is 0 Å². The number of anilines is 1. The van der Waals surface area contributed by atoms with Gasteiger partial charge >= 0.3 is 5.97 Å². The third-order valence-electron chi connectivity index (χ3n) is 3.05. The Morgan fingerprint density at radius 1 is 1.40 bits per heavy atom. The number of hydrogen-bond donors (Lipinski definition) is 1. The van der Waals surface area contributed by atoms with Gasteiger partial charge < -0.3 is 10.5 Å². The Kier molecular flexibility index (Phi) is 7.34. The lowest BCUT2D eigenvalue weighted by molar-refractivity contribution is 0.0529. The van der Waals surface area contributed by atoms with Gasteiger partial charge in [0.1, 0.15) is 6.61 Å². The van der Waals surface area contributed by atoms with Crippen molar-refractivity contribution in [1.82, 2.24) is 4.90 Å². The highest BCUT2D eigenvalue weighted by molar-refractivity contribution is 9.10. The van der Waals surface area contributed by atoms with Crippen molar-refractivity contribution in [3.8, 4) is 0 Å². The summed E-state index contributed by atoms with van der Waals surface area (Å²) in [6.45, 7) is 6.94. The minimum atomic E-state index is -0.382. The molecule has 20 heavy (non-hydrogen) atoms. The molecule has 0 amide bonds. The fraction of sp³-hybridized carbons (Fsp3) is 0.500. The van der Waals surface area contributed by atoms with Crippen LogP contribution in [-0.4, -0.2) is 36.4 Å². The summed E-state index contributed by atoms with van der Waals surface area (Å²) in [6.07, 6.45) is 0. The fourth-order valence-corrected chi connectivity index (χ4v) is 2.40. The molecule has 0 saturated carbocycles. The molecule has 1 aromatic rings. The third kappa shape index (κ3) is 4.65. The average Bonchev–Trinajstić information content (AvgIpc) is 2.45. The van der Waals surface area contributed by atoms with Gasteiger partial charge in [0, 0.05) is 11.0 Å². The highest BCUT2D eigenvalue weighted by Gasteiger charge is 2.14. The van der Waals surface area contributed by atoms with E-state index in [0.29, 0.717) is 22.3 Å². The van der Waals surface area contributed by atoms with Crippen molar-refractivity contribution in [2.45, 2.75) is 20.4 Å². The first-order valence-corrected chi connectivity index (χ1v) is 7.89. The zero-order chi connectivity index (χ0) is 15.1. The lowest BCUT2D eigenvalue weighted by Gasteiger charge is -2.20. The maximum atomic E-state index is 11.9. The van der Waals surface area contributed by atoms with Gasteiger partial charge in [-0.25, -0.2) is 4.79 Å². The van der Waals surface area contributed by atoms with Crippen molar-refractivity contribution in [2.24, 2.45) is 0 Å². The second kappa shape index (κ2) is 8.49. The van der Waals surface area contributed by atoms with Gasteiger partial charge in [0.15, 0.2) is 0 Å². The number of nitrogens with two attached hydrogens (primary N) is 1. The summed E-state index contributed by atoms with van der Waals surface area (Å²) in [6, 6.07) is 3.46. The molecule has 0 aromatic heterocycles. The number of esters is 1. The Morgan fingerprint density at radius 2 is 2.05 bits per heavy atom. The van der Waals surface area contributed by atoms with Crippen molar-refractivity contribution >= 4 is 39.2 Å². The largest absolute Gasteiger partial charge is 0.461 e. The molecule has 0 spiro atoms. The number of ether oxygens (including phenoxy) is 1. The van der Waals surface area contributed by atoms with Crippen LogP contribution in [0, 0.1) is 0 Å². The maximum absolute atomic E-state index is 11.9. The van der Waals surface area contributed by atoms with Gasteiger partial charge in [-0.2, -0.15) is 0 Å². The quantitative estimate of drug-likeness (QED) is 0.459. The molecule has 0 heterocycles. The van der Waals surface area contributed by atoms with E-state index in [4.69, 9.17) is 22.1 Å². The number of hydrogen-bond acceptors (Lipinski definition) is 4. The predicted octanol–water partition coefficient (Wildman–Crippen LogP) is 3.27. The third-order valence-corrected chi connectivity index (χ3v) is 3.86. The number of alkyl halides is 1. The number of halogens is 2. The van der Waals surface area contributed by atoms with Gasteiger partial charge in [0.2, 0.25) is 0 Å². The first-order chi connectivity index (χ1) is 9.53. The minimum absolute atomic E-state index is 0.202. The van der Waals surface area contributed by atoms with E-state index in [1.807, 2.05) is 0 Å². The Labute approximate surface area is 133 Å². The molecule has 0 radical (unpaired) electrons. The number of carbonyl (C=O) groups excluding carboxylic acids is 1. The van der Waals surface area contributed by atoms with Gasteiger partial charge in [-0.15, -0.1) is 11.6 Å². The van der Waals surface area contributed by atoms with Crippen LogP contribution in [0.4, 0.5) is 5.69 Å². The summed E-state index contributed by atoms with van der Waals surface area (Å²) in [5.41, 5.74) is 8.12. The van der Waals surface area contributed by atoms with Crippen LogP contribution in [0.5, 0.6) is 0 Å². The van der Waals surface area contributed by atoms with Gasteiger partial charge in [-0.1, -0.05) is 13.8 Å². The molecule has 4 nitrogen and oxygen atoms in total. The van der Waals surface area contributed by atoms with Crippen molar-refractivity contribution in [1.29, 1.82) is 0 Å². The summed E-state index contributed by atoms with van der Waals surface area (Å²) in [7, 11) is 0. The van der Waals surface area contributed by atoms with Crippen LogP contribution in [0.1, 0.15) is 29.8 Å². The second-order valence-electron chi connectivity index (χ2n) is 4.32. The van der Waals surface area contributed by atoms with E-state index in [2.05, 4.69) is 34.7 Å². The van der Waals surface area contributed by atoms with Crippen molar-refractivity contribution in [3.63, 3.8) is 0 Å². The van der Waals surface area contributed by atoms with E-state index in [9.17, 15) is 4.79 Å². The first kappa shape index (κ1) is 17.3. The Bertz CT molecular complexity index is 465. The van der Waals surface area contributed by atoms with Crippen LogP contribution in [-0.2, 0) is 11.3 Å². The zero-order valence-corrected chi connectivity index (χ0v) is 14.1. The zero-order valence-electron chi connectivity index (χ0n) is 11.8. The van der Waals surface area contributed by atoms with E-state index in [-0.39, 0.29) is 18.5 Å². The minimum Gasteiger partial charge on any atom is -0.461 e. The molecule has 2 N–H and O–H groups in total. The van der Waals surface area contributed by atoms with E-state index in [1.165, 1.54) is 0 Å². The van der Waals surface area contributed by atoms with Gasteiger partial charge in [0.05, 0.1) is 17.1 Å². The first-order valence-electron chi connectivity index (χ1n) is 6.56. The molecule has 0 unspecified atom stereocenters. The molecule has 0 atom stereocenters. The normalized spacial score (nSPS) is 10.8. The van der Waals surface area contributed by atoms with Crippen LogP contribution in [0.15, 0.2) is 16.6 Å². The monoisotopic (exact) mass is 362 g/mol. The summed E-state index contributed by atoms with van der Waals surface area (Å²) in [4.78, 5) is 14.1. The van der Waals surface area contributed by atoms with E-state index in [1.54, 1.807) is 12.1 Å². The van der Waals surface area contributed by atoms with Gasteiger partial charge in [-0.05, 0) is 46.7 Å². The van der Waals surface area contributed by atoms with Gasteiger partial charge in [-0.3, -0.25) is 4.90 Å². The molecule has 0 saturated heterocycles. The predicted molar refractivity (Wildman–Crippen MR) is 86.2 cm³/mol. The summed E-state index contributed by atoms with van der Waals surface area (Å²) >= 11 is 8.90. The molecule has 0 aliphatic rings. The Morgan fingerprint density at radius 3 is 2.60 bits per heavy atom.